The molecule has 7 heteroatoms. The molecule has 0 aliphatic heterocycles. The molecule has 160 valence electrons. The number of benzene rings is 2. The number of methoxy groups -OCH3 is 4. The average molecular weight is 406 g/mol. The van der Waals surface area contributed by atoms with Crippen LogP contribution in [0.5, 0.6) is 28.7 Å². The molecule has 2 aromatic carbocycles. The fourth-order valence-electron chi connectivity index (χ4n) is 3.09. The second kappa shape index (κ2) is 10.2. The van der Waals surface area contributed by atoms with Crippen LogP contribution in [-0.2, 0) is 6.42 Å². The third kappa shape index (κ3) is 5.46. The first-order valence-corrected chi connectivity index (χ1v) is 9.34. The van der Waals surface area contributed by atoms with Gasteiger partial charge in [0.25, 0.3) is 0 Å². The Bertz CT molecular complexity index is 779. The Labute approximate surface area is 171 Å². The van der Waals surface area contributed by atoms with Gasteiger partial charge in [0.15, 0.2) is 23.0 Å². The van der Waals surface area contributed by atoms with Crippen LogP contribution in [0.3, 0.4) is 0 Å². The molecule has 0 fully saturated rings. The zero-order valence-corrected chi connectivity index (χ0v) is 17.8. The third-order valence-corrected chi connectivity index (χ3v) is 4.56. The van der Waals surface area contributed by atoms with Gasteiger partial charge in [-0.3, -0.25) is 0 Å². The molecule has 2 aromatic rings. The molecule has 0 saturated carbocycles. The second-order valence-electron chi connectivity index (χ2n) is 6.76. The summed E-state index contributed by atoms with van der Waals surface area (Å²) in [4.78, 5) is 0. The Morgan fingerprint density at radius 2 is 1.34 bits per heavy atom. The van der Waals surface area contributed by atoms with Crippen LogP contribution in [-0.4, -0.2) is 50.9 Å². The van der Waals surface area contributed by atoms with Gasteiger partial charge >= 0.3 is 0 Å². The highest BCUT2D eigenvalue weighted by Gasteiger charge is 2.19. The van der Waals surface area contributed by atoms with E-state index in [9.17, 15) is 10.2 Å². The molecule has 29 heavy (non-hydrogen) atoms. The van der Waals surface area contributed by atoms with E-state index in [-0.39, 0.29) is 6.10 Å². The minimum Gasteiger partial charge on any atom is -0.493 e. The Balaban J connectivity index is 2.19. The number of hydrogen-bond donors (Lipinski definition) is 2. The Morgan fingerprint density at radius 3 is 1.83 bits per heavy atom. The van der Waals surface area contributed by atoms with Crippen molar-refractivity contribution in [2.75, 3.05) is 28.4 Å². The highest BCUT2D eigenvalue weighted by atomic mass is 16.5. The molecule has 0 aliphatic rings. The molecule has 0 bridgehead atoms. The van der Waals surface area contributed by atoms with Crippen LogP contribution in [0.15, 0.2) is 30.3 Å². The van der Waals surface area contributed by atoms with Gasteiger partial charge in [0.1, 0.15) is 12.2 Å². The smallest absolute Gasteiger partial charge is 0.203 e. The van der Waals surface area contributed by atoms with E-state index < -0.39 is 12.2 Å². The summed E-state index contributed by atoms with van der Waals surface area (Å²) < 4.78 is 27.6. The van der Waals surface area contributed by atoms with E-state index in [1.165, 1.54) is 14.0 Å². The van der Waals surface area contributed by atoms with Gasteiger partial charge < -0.3 is 33.9 Å². The lowest BCUT2D eigenvalue weighted by molar-refractivity contribution is 0.0303. The van der Waals surface area contributed by atoms with E-state index in [1.807, 2.05) is 19.1 Å². The number of aliphatic hydroxyl groups is 2. The summed E-state index contributed by atoms with van der Waals surface area (Å²) in [7, 11) is 6.25. The van der Waals surface area contributed by atoms with Crippen molar-refractivity contribution in [1.82, 2.24) is 0 Å². The molecule has 0 heterocycles. The van der Waals surface area contributed by atoms with E-state index in [0.29, 0.717) is 40.7 Å². The van der Waals surface area contributed by atoms with Gasteiger partial charge in [0, 0.05) is 6.42 Å². The standard InChI is InChI=1S/C22H30O7/c1-13(9-15-10-19(26-4)22(28-6)20(11-15)27-5)29-17-8-7-16(12-18(17)25-3)21(24)14(2)23/h7-8,10-14,21,23-24H,9H2,1-6H3/t13-,14-,21-/m1/s1. The lowest BCUT2D eigenvalue weighted by atomic mass is 10.0. The van der Waals surface area contributed by atoms with Crippen molar-refractivity contribution < 1.29 is 33.9 Å². The maximum atomic E-state index is 10.0. The van der Waals surface area contributed by atoms with Crippen LogP contribution in [0.1, 0.15) is 31.1 Å². The summed E-state index contributed by atoms with van der Waals surface area (Å²) in [6.07, 6.45) is -1.46. The second-order valence-corrected chi connectivity index (χ2v) is 6.76. The lowest BCUT2D eigenvalue weighted by Gasteiger charge is -2.20. The summed E-state index contributed by atoms with van der Waals surface area (Å²) in [6.45, 7) is 3.47. The molecular weight excluding hydrogens is 376 g/mol. The maximum Gasteiger partial charge on any atom is 0.203 e. The molecule has 0 radical (unpaired) electrons. The van der Waals surface area contributed by atoms with E-state index in [4.69, 9.17) is 23.7 Å². The topological polar surface area (TPSA) is 86.6 Å². The van der Waals surface area contributed by atoms with Gasteiger partial charge in [0.2, 0.25) is 5.75 Å². The van der Waals surface area contributed by atoms with E-state index in [0.717, 1.165) is 5.56 Å². The quantitative estimate of drug-likeness (QED) is 0.627. The molecule has 2 N–H and O–H groups in total. The Hall–Kier alpha value is -2.64. The van der Waals surface area contributed by atoms with Crippen LogP contribution in [0, 0.1) is 0 Å². The van der Waals surface area contributed by atoms with Crippen molar-refractivity contribution in [3.8, 4) is 28.7 Å². The molecular formula is C22H30O7. The minimum absolute atomic E-state index is 0.181. The maximum absolute atomic E-state index is 10.0. The molecule has 0 saturated heterocycles. The molecule has 0 aliphatic carbocycles. The molecule has 2 rings (SSSR count). The summed E-state index contributed by atoms with van der Waals surface area (Å²) in [6, 6.07) is 8.88. The van der Waals surface area contributed by atoms with Crippen molar-refractivity contribution in [1.29, 1.82) is 0 Å². The van der Waals surface area contributed by atoms with Gasteiger partial charge in [-0.25, -0.2) is 0 Å². The van der Waals surface area contributed by atoms with Crippen molar-refractivity contribution in [2.24, 2.45) is 0 Å². The molecule has 7 nitrogen and oxygen atoms in total. The highest BCUT2D eigenvalue weighted by Crippen LogP contribution is 2.39. The average Bonchev–Trinajstić information content (AvgIpc) is 2.72. The van der Waals surface area contributed by atoms with Crippen molar-refractivity contribution in [3.63, 3.8) is 0 Å². The first-order chi connectivity index (χ1) is 13.8. The third-order valence-electron chi connectivity index (χ3n) is 4.56. The SMILES string of the molecule is COc1cc([C@H](O)[C@@H](C)O)ccc1O[C@H](C)Cc1cc(OC)c(OC)c(OC)c1. The van der Waals surface area contributed by atoms with E-state index >= 15 is 0 Å². The first-order valence-electron chi connectivity index (χ1n) is 9.34. The minimum atomic E-state index is -0.991. The monoisotopic (exact) mass is 406 g/mol. The molecule has 0 aromatic heterocycles. The summed E-state index contributed by atoms with van der Waals surface area (Å²) in [5, 5.41) is 19.6. The van der Waals surface area contributed by atoms with E-state index in [2.05, 4.69) is 0 Å². The van der Waals surface area contributed by atoms with Crippen molar-refractivity contribution >= 4 is 0 Å². The fourth-order valence-corrected chi connectivity index (χ4v) is 3.09. The zero-order chi connectivity index (χ0) is 21.6. The van der Waals surface area contributed by atoms with Crippen LogP contribution < -0.4 is 23.7 Å². The number of hydrogen-bond acceptors (Lipinski definition) is 7. The Kier molecular flexibility index (Phi) is 7.99. The summed E-state index contributed by atoms with van der Waals surface area (Å²) in [5.41, 5.74) is 1.52. The van der Waals surface area contributed by atoms with Gasteiger partial charge in [-0.15, -0.1) is 0 Å². The Morgan fingerprint density at radius 1 is 0.759 bits per heavy atom. The van der Waals surface area contributed by atoms with Crippen molar-refractivity contribution in [3.05, 3.63) is 41.5 Å². The largest absolute Gasteiger partial charge is 0.493 e. The van der Waals surface area contributed by atoms with Gasteiger partial charge in [0.05, 0.1) is 34.5 Å². The van der Waals surface area contributed by atoms with Crippen LogP contribution >= 0.6 is 0 Å². The molecule has 0 unspecified atom stereocenters. The van der Waals surface area contributed by atoms with Gasteiger partial charge in [-0.1, -0.05) is 6.07 Å². The zero-order valence-electron chi connectivity index (χ0n) is 17.8. The number of rotatable bonds is 10. The lowest BCUT2D eigenvalue weighted by Crippen LogP contribution is -2.17. The predicted molar refractivity (Wildman–Crippen MR) is 110 cm³/mol. The highest BCUT2D eigenvalue weighted by molar-refractivity contribution is 5.54. The molecule has 0 spiro atoms. The summed E-state index contributed by atoms with van der Waals surface area (Å²) >= 11 is 0. The van der Waals surface area contributed by atoms with Gasteiger partial charge in [-0.05, 0) is 49.2 Å². The van der Waals surface area contributed by atoms with Crippen LogP contribution in [0.4, 0.5) is 0 Å². The van der Waals surface area contributed by atoms with E-state index in [1.54, 1.807) is 39.5 Å². The van der Waals surface area contributed by atoms with Gasteiger partial charge in [-0.2, -0.15) is 0 Å². The first kappa shape index (κ1) is 22.6. The van der Waals surface area contributed by atoms with Crippen LogP contribution in [0.25, 0.3) is 0 Å². The van der Waals surface area contributed by atoms with Crippen molar-refractivity contribution in [2.45, 2.75) is 38.6 Å². The summed E-state index contributed by atoms with van der Waals surface area (Å²) in [5.74, 6) is 2.75. The number of aliphatic hydroxyl groups excluding tert-OH is 2. The predicted octanol–water partition coefficient (Wildman–Crippen LogP) is 3.15. The molecule has 3 atom stereocenters. The fraction of sp³-hybridized carbons (Fsp3) is 0.455. The normalized spacial score (nSPS) is 13.9. The molecule has 0 amide bonds. The number of ether oxygens (including phenoxy) is 5. The van der Waals surface area contributed by atoms with Crippen LogP contribution in [0.2, 0.25) is 0 Å².